The van der Waals surface area contributed by atoms with Gasteiger partial charge in [-0.3, -0.25) is 9.79 Å². The fourth-order valence-electron chi connectivity index (χ4n) is 3.36. The van der Waals surface area contributed by atoms with Crippen LogP contribution in [0.15, 0.2) is 35.5 Å². The second kappa shape index (κ2) is 9.32. The van der Waals surface area contributed by atoms with Gasteiger partial charge >= 0.3 is 6.18 Å². The summed E-state index contributed by atoms with van der Waals surface area (Å²) in [4.78, 5) is 25.7. The zero-order chi connectivity index (χ0) is 22.6. The van der Waals surface area contributed by atoms with Crippen molar-refractivity contribution in [2.45, 2.75) is 45.8 Å². The van der Waals surface area contributed by atoms with Crippen molar-refractivity contribution in [3.05, 3.63) is 36.0 Å². The van der Waals surface area contributed by atoms with Crippen molar-refractivity contribution in [2.24, 2.45) is 4.99 Å². The molecule has 166 valence electrons. The molecule has 0 radical (unpaired) electrons. The minimum Gasteiger partial charge on any atom is -0.350 e. The quantitative estimate of drug-likeness (QED) is 0.662. The Balaban J connectivity index is 1.90. The minimum atomic E-state index is -4.63. The number of aliphatic imine (C=N–C) groups is 1. The van der Waals surface area contributed by atoms with Crippen molar-refractivity contribution >= 4 is 34.8 Å². The fourth-order valence-corrected chi connectivity index (χ4v) is 3.36. The van der Waals surface area contributed by atoms with Crippen LogP contribution in [0.4, 0.5) is 36.3 Å². The summed E-state index contributed by atoms with van der Waals surface area (Å²) in [5.41, 5.74) is 0.703. The number of piperidine rings is 1. The number of amides is 1. The summed E-state index contributed by atoms with van der Waals surface area (Å²) in [5, 5.41) is 5.84. The summed E-state index contributed by atoms with van der Waals surface area (Å²) >= 11 is 0. The number of hydrogen-bond donors (Lipinski definition) is 2. The smallest absolute Gasteiger partial charge is 0.350 e. The molecular weight excluding hydrogens is 409 g/mol. The third-order valence-electron chi connectivity index (χ3n) is 4.80. The standard InChI is InChI=1S/C21H25F3N6O/c1-13(2)26-17-8-4-5-9-18(17)28-19-16(21(22,23)24)11-25-20(29-19)27-15-7-6-10-30(12-15)14(3)31/h4-5,8-9,11,15H,6-7,10,12H2,1-3H3,(H2,25,27,28,29). The largest absolute Gasteiger partial charge is 0.421 e. The molecule has 10 heteroatoms. The number of benzene rings is 1. The summed E-state index contributed by atoms with van der Waals surface area (Å²) in [6.07, 6.45) is -2.30. The molecule has 1 aromatic heterocycles. The average molecular weight is 434 g/mol. The third kappa shape index (κ3) is 5.93. The van der Waals surface area contributed by atoms with Crippen molar-refractivity contribution in [3.8, 4) is 0 Å². The molecule has 3 rings (SSSR count). The van der Waals surface area contributed by atoms with Gasteiger partial charge in [-0.25, -0.2) is 4.98 Å². The molecule has 2 heterocycles. The van der Waals surface area contributed by atoms with E-state index in [9.17, 15) is 18.0 Å². The summed E-state index contributed by atoms with van der Waals surface area (Å²) in [6, 6.07) is 6.68. The first kappa shape index (κ1) is 22.5. The van der Waals surface area contributed by atoms with Crippen molar-refractivity contribution < 1.29 is 18.0 Å². The predicted octanol–water partition coefficient (Wildman–Crippen LogP) is 4.77. The first-order valence-electron chi connectivity index (χ1n) is 9.97. The summed E-state index contributed by atoms with van der Waals surface area (Å²) < 4.78 is 40.7. The highest BCUT2D eigenvalue weighted by atomic mass is 19.4. The van der Waals surface area contributed by atoms with E-state index in [4.69, 9.17) is 0 Å². The van der Waals surface area contributed by atoms with Crippen molar-refractivity contribution in [1.82, 2.24) is 14.9 Å². The number of nitrogens with one attached hydrogen (secondary N) is 2. The highest BCUT2D eigenvalue weighted by molar-refractivity contribution is 5.85. The minimum absolute atomic E-state index is 0.0365. The van der Waals surface area contributed by atoms with Gasteiger partial charge in [0.2, 0.25) is 11.9 Å². The molecule has 2 N–H and O–H groups in total. The van der Waals surface area contributed by atoms with Crippen LogP contribution in [0.25, 0.3) is 0 Å². The molecule has 1 saturated heterocycles. The third-order valence-corrected chi connectivity index (χ3v) is 4.80. The van der Waals surface area contributed by atoms with E-state index in [-0.39, 0.29) is 23.7 Å². The normalized spacial score (nSPS) is 16.6. The number of carbonyl (C=O) groups is 1. The molecule has 1 aromatic carbocycles. The van der Waals surface area contributed by atoms with Crippen molar-refractivity contribution in [1.29, 1.82) is 0 Å². The zero-order valence-electron chi connectivity index (χ0n) is 17.6. The van der Waals surface area contributed by atoms with Crippen LogP contribution in [0.1, 0.15) is 39.2 Å². The number of alkyl halides is 3. The van der Waals surface area contributed by atoms with Crippen LogP contribution in [0.3, 0.4) is 0 Å². The first-order chi connectivity index (χ1) is 14.6. The summed E-state index contributed by atoms with van der Waals surface area (Å²) in [6.45, 7) is 6.23. The van der Waals surface area contributed by atoms with E-state index >= 15 is 0 Å². The van der Waals surface area contributed by atoms with Crippen LogP contribution in [0.5, 0.6) is 0 Å². The SMILES string of the molecule is CC(=O)N1CCCC(Nc2ncc(C(F)(F)F)c(Nc3ccccc3N=C(C)C)n2)C1. The molecule has 7 nitrogen and oxygen atoms in total. The topological polar surface area (TPSA) is 82.5 Å². The molecule has 2 aromatic rings. The molecule has 1 aliphatic rings. The molecule has 1 aliphatic heterocycles. The predicted molar refractivity (Wildman–Crippen MR) is 114 cm³/mol. The molecule has 0 aliphatic carbocycles. The number of para-hydroxylation sites is 2. The van der Waals surface area contributed by atoms with Crippen LogP contribution < -0.4 is 10.6 Å². The van der Waals surface area contributed by atoms with E-state index in [1.165, 1.54) is 6.92 Å². The average Bonchev–Trinajstić information content (AvgIpc) is 2.68. The number of aromatic nitrogens is 2. The number of halogens is 3. The Bertz CT molecular complexity index is 972. The lowest BCUT2D eigenvalue weighted by molar-refractivity contribution is -0.137. The van der Waals surface area contributed by atoms with Gasteiger partial charge in [-0.1, -0.05) is 12.1 Å². The van der Waals surface area contributed by atoms with Crippen LogP contribution in [0, 0.1) is 0 Å². The van der Waals surface area contributed by atoms with E-state index < -0.39 is 11.7 Å². The molecule has 1 fully saturated rings. The fraction of sp³-hybridized carbons (Fsp3) is 0.429. The van der Waals surface area contributed by atoms with Gasteiger partial charge in [0.05, 0.1) is 11.4 Å². The molecule has 31 heavy (non-hydrogen) atoms. The molecule has 0 bridgehead atoms. The molecular formula is C21H25F3N6O. The molecule has 1 unspecified atom stereocenters. The maximum atomic E-state index is 13.6. The number of rotatable bonds is 5. The lowest BCUT2D eigenvalue weighted by Crippen LogP contribution is -2.44. The van der Waals surface area contributed by atoms with Gasteiger partial charge in [0.25, 0.3) is 0 Å². The zero-order valence-corrected chi connectivity index (χ0v) is 17.6. The molecule has 1 amide bonds. The Morgan fingerprint density at radius 1 is 1.23 bits per heavy atom. The Hall–Kier alpha value is -3.17. The molecule has 1 atom stereocenters. The van der Waals surface area contributed by atoms with E-state index in [0.717, 1.165) is 24.8 Å². The van der Waals surface area contributed by atoms with E-state index in [1.54, 1.807) is 43.0 Å². The summed E-state index contributed by atoms with van der Waals surface area (Å²) in [5.74, 6) is -0.329. The molecule has 0 saturated carbocycles. The van der Waals surface area contributed by atoms with Gasteiger partial charge in [-0.15, -0.1) is 0 Å². The summed E-state index contributed by atoms with van der Waals surface area (Å²) in [7, 11) is 0. The van der Waals surface area contributed by atoms with Crippen molar-refractivity contribution in [2.75, 3.05) is 23.7 Å². The van der Waals surface area contributed by atoms with E-state index in [0.29, 0.717) is 24.5 Å². The van der Waals surface area contributed by atoms with Gasteiger partial charge in [-0.05, 0) is 38.8 Å². The van der Waals surface area contributed by atoms with Gasteiger partial charge < -0.3 is 15.5 Å². The lowest BCUT2D eigenvalue weighted by atomic mass is 10.1. The Labute approximate surface area is 178 Å². The monoisotopic (exact) mass is 434 g/mol. The second-order valence-electron chi connectivity index (χ2n) is 7.60. The Kier molecular flexibility index (Phi) is 6.77. The Morgan fingerprint density at radius 3 is 2.65 bits per heavy atom. The van der Waals surface area contributed by atoms with Gasteiger partial charge in [0.1, 0.15) is 11.4 Å². The highest BCUT2D eigenvalue weighted by Crippen LogP contribution is 2.37. The van der Waals surface area contributed by atoms with Gasteiger partial charge in [0, 0.05) is 38.0 Å². The number of hydrogen-bond acceptors (Lipinski definition) is 6. The van der Waals surface area contributed by atoms with Crippen molar-refractivity contribution in [3.63, 3.8) is 0 Å². The maximum Gasteiger partial charge on any atom is 0.421 e. The van der Waals surface area contributed by atoms with Gasteiger partial charge in [0.15, 0.2) is 0 Å². The first-order valence-corrected chi connectivity index (χ1v) is 9.97. The van der Waals surface area contributed by atoms with Crippen LogP contribution in [0.2, 0.25) is 0 Å². The Morgan fingerprint density at radius 2 is 1.97 bits per heavy atom. The van der Waals surface area contributed by atoms with E-state index in [1.807, 2.05) is 0 Å². The van der Waals surface area contributed by atoms with Crippen LogP contribution in [-0.2, 0) is 11.0 Å². The lowest BCUT2D eigenvalue weighted by Gasteiger charge is -2.32. The molecule has 0 spiro atoms. The van der Waals surface area contributed by atoms with Crippen LogP contribution >= 0.6 is 0 Å². The maximum absolute atomic E-state index is 13.6. The van der Waals surface area contributed by atoms with E-state index in [2.05, 4.69) is 25.6 Å². The van der Waals surface area contributed by atoms with Crippen LogP contribution in [-0.4, -0.2) is 45.6 Å². The number of nitrogens with zero attached hydrogens (tertiary/aromatic N) is 4. The number of anilines is 3. The number of carbonyl (C=O) groups excluding carboxylic acids is 1. The van der Waals surface area contributed by atoms with Gasteiger partial charge in [-0.2, -0.15) is 18.2 Å². The second-order valence-corrected chi connectivity index (χ2v) is 7.60. The highest BCUT2D eigenvalue weighted by Gasteiger charge is 2.35. The number of likely N-dealkylation sites (tertiary alicyclic amines) is 1.